The smallest absolute Gasteiger partial charge is 0.182 e. The van der Waals surface area contributed by atoms with Crippen molar-refractivity contribution in [1.29, 1.82) is 0 Å². The number of benzene rings is 1. The van der Waals surface area contributed by atoms with Crippen molar-refractivity contribution in [1.82, 2.24) is 0 Å². The van der Waals surface area contributed by atoms with Crippen molar-refractivity contribution < 1.29 is 13.5 Å². The topological polar surface area (TPSA) is 38.5 Å². The van der Waals surface area contributed by atoms with E-state index in [0.29, 0.717) is 24.8 Å². The number of hydrogen-bond donors (Lipinski definition) is 1. The Balaban J connectivity index is 2.17. The van der Waals surface area contributed by atoms with E-state index in [0.717, 1.165) is 13.0 Å². The fourth-order valence-electron chi connectivity index (χ4n) is 2.40. The molecule has 18 heavy (non-hydrogen) atoms. The van der Waals surface area contributed by atoms with Crippen LogP contribution in [-0.4, -0.2) is 26.8 Å². The van der Waals surface area contributed by atoms with E-state index in [9.17, 15) is 8.78 Å². The van der Waals surface area contributed by atoms with Crippen molar-refractivity contribution in [2.24, 2.45) is 11.7 Å². The molecule has 0 amide bonds. The van der Waals surface area contributed by atoms with Gasteiger partial charge in [-0.05, 0) is 12.5 Å². The Morgan fingerprint density at radius 2 is 2.17 bits per heavy atom. The molecule has 0 aromatic heterocycles. The first-order chi connectivity index (χ1) is 8.67. The largest absolute Gasteiger partial charge is 0.384 e. The molecule has 1 saturated heterocycles. The lowest BCUT2D eigenvalue weighted by Gasteiger charge is -2.20. The van der Waals surface area contributed by atoms with Gasteiger partial charge in [-0.2, -0.15) is 0 Å². The third-order valence-electron chi connectivity index (χ3n) is 3.39. The predicted octanol–water partition coefficient (Wildman–Crippen LogP) is 1.90. The first kappa shape index (κ1) is 13.2. The second-order valence-electron chi connectivity index (χ2n) is 4.63. The highest BCUT2D eigenvalue weighted by atomic mass is 19.2. The lowest BCUT2D eigenvalue weighted by Crippen LogP contribution is -2.22. The van der Waals surface area contributed by atoms with E-state index in [-0.39, 0.29) is 12.1 Å². The molecule has 1 aromatic carbocycles. The van der Waals surface area contributed by atoms with Gasteiger partial charge in [0.25, 0.3) is 0 Å². The Hall–Kier alpha value is -1.20. The Morgan fingerprint density at radius 3 is 2.83 bits per heavy atom. The van der Waals surface area contributed by atoms with Gasteiger partial charge in [-0.25, -0.2) is 8.78 Å². The van der Waals surface area contributed by atoms with Gasteiger partial charge in [0.05, 0.1) is 12.3 Å². The second kappa shape index (κ2) is 5.63. The van der Waals surface area contributed by atoms with Crippen molar-refractivity contribution in [3.8, 4) is 0 Å². The van der Waals surface area contributed by atoms with E-state index in [4.69, 9.17) is 10.5 Å². The minimum Gasteiger partial charge on any atom is -0.384 e. The first-order valence-electron chi connectivity index (χ1n) is 6.08. The Morgan fingerprint density at radius 1 is 1.39 bits per heavy atom. The molecule has 2 rings (SSSR count). The number of hydrogen-bond acceptors (Lipinski definition) is 3. The van der Waals surface area contributed by atoms with Gasteiger partial charge in [0, 0.05) is 38.2 Å². The molecule has 0 saturated carbocycles. The van der Waals surface area contributed by atoms with Gasteiger partial charge in [-0.3, -0.25) is 0 Å². The van der Waals surface area contributed by atoms with Gasteiger partial charge in [-0.1, -0.05) is 6.07 Å². The Bertz CT molecular complexity index is 426. The summed E-state index contributed by atoms with van der Waals surface area (Å²) in [6.07, 6.45) is 0.938. The van der Waals surface area contributed by atoms with E-state index in [1.807, 2.05) is 4.90 Å². The van der Waals surface area contributed by atoms with Crippen LogP contribution >= 0.6 is 0 Å². The average molecular weight is 256 g/mol. The summed E-state index contributed by atoms with van der Waals surface area (Å²) in [7, 11) is 1.65. The summed E-state index contributed by atoms with van der Waals surface area (Å²) >= 11 is 0. The molecular weight excluding hydrogens is 238 g/mol. The van der Waals surface area contributed by atoms with Crippen LogP contribution in [0.5, 0.6) is 0 Å². The molecule has 0 aliphatic carbocycles. The summed E-state index contributed by atoms with van der Waals surface area (Å²) in [5.74, 6) is -1.24. The van der Waals surface area contributed by atoms with Crippen LogP contribution in [0.3, 0.4) is 0 Å². The maximum Gasteiger partial charge on any atom is 0.182 e. The molecule has 1 aromatic rings. The third-order valence-corrected chi connectivity index (χ3v) is 3.39. The predicted molar refractivity (Wildman–Crippen MR) is 66.4 cm³/mol. The molecule has 1 heterocycles. The van der Waals surface area contributed by atoms with E-state index in [1.54, 1.807) is 19.2 Å². The van der Waals surface area contributed by atoms with Gasteiger partial charge in [-0.15, -0.1) is 0 Å². The Labute approximate surface area is 106 Å². The zero-order chi connectivity index (χ0) is 13.1. The van der Waals surface area contributed by atoms with Crippen molar-refractivity contribution in [3.63, 3.8) is 0 Å². The van der Waals surface area contributed by atoms with Crippen LogP contribution in [0.2, 0.25) is 0 Å². The number of anilines is 1. The van der Waals surface area contributed by atoms with Crippen LogP contribution in [0.1, 0.15) is 12.0 Å². The fraction of sp³-hybridized carbons (Fsp3) is 0.538. The summed E-state index contributed by atoms with van der Waals surface area (Å²) in [5, 5.41) is 0. The van der Waals surface area contributed by atoms with Crippen LogP contribution in [0.25, 0.3) is 0 Å². The Kier molecular flexibility index (Phi) is 4.14. The minimum absolute atomic E-state index is 0.00926. The molecule has 3 nitrogen and oxygen atoms in total. The molecular formula is C13H18F2N2O. The fourth-order valence-corrected chi connectivity index (χ4v) is 2.40. The number of ether oxygens (including phenoxy) is 1. The average Bonchev–Trinajstić information content (AvgIpc) is 2.81. The summed E-state index contributed by atoms with van der Waals surface area (Å²) in [4.78, 5) is 1.86. The highest BCUT2D eigenvalue weighted by Gasteiger charge is 2.26. The van der Waals surface area contributed by atoms with Crippen molar-refractivity contribution in [2.45, 2.75) is 13.0 Å². The van der Waals surface area contributed by atoms with Crippen LogP contribution in [0.4, 0.5) is 14.5 Å². The number of methoxy groups -OCH3 is 1. The van der Waals surface area contributed by atoms with E-state index in [1.165, 1.54) is 0 Å². The zero-order valence-electron chi connectivity index (χ0n) is 10.5. The first-order valence-corrected chi connectivity index (χ1v) is 6.08. The highest BCUT2D eigenvalue weighted by Crippen LogP contribution is 2.29. The third kappa shape index (κ3) is 2.47. The molecule has 2 N–H and O–H groups in total. The lowest BCUT2D eigenvalue weighted by molar-refractivity contribution is 0.161. The van der Waals surface area contributed by atoms with Crippen molar-refractivity contribution in [2.75, 3.05) is 31.7 Å². The summed E-state index contributed by atoms with van der Waals surface area (Å²) in [6, 6.07) is 3.16. The number of rotatable bonds is 4. The van der Waals surface area contributed by atoms with Crippen LogP contribution in [-0.2, 0) is 11.3 Å². The molecule has 100 valence electrons. The molecule has 1 aliphatic heterocycles. The molecule has 0 radical (unpaired) electrons. The molecule has 1 unspecified atom stereocenters. The van der Waals surface area contributed by atoms with Crippen LogP contribution < -0.4 is 10.6 Å². The SMILES string of the molecule is COCC1CCN(c2ccc(CN)c(F)c2F)C1. The van der Waals surface area contributed by atoms with Crippen molar-refractivity contribution >= 4 is 5.69 Å². The van der Waals surface area contributed by atoms with E-state index >= 15 is 0 Å². The van der Waals surface area contributed by atoms with Gasteiger partial charge in [0.1, 0.15) is 0 Å². The quantitative estimate of drug-likeness (QED) is 0.894. The molecule has 0 bridgehead atoms. The van der Waals surface area contributed by atoms with Gasteiger partial charge >= 0.3 is 0 Å². The standard InChI is InChI=1S/C13H18F2N2O/c1-18-8-9-4-5-17(7-9)11-3-2-10(6-16)12(14)13(11)15/h2-3,9H,4-8,16H2,1H3. The van der Waals surface area contributed by atoms with E-state index < -0.39 is 11.6 Å². The van der Waals surface area contributed by atoms with Crippen LogP contribution in [0.15, 0.2) is 12.1 Å². The molecule has 1 fully saturated rings. The zero-order valence-corrected chi connectivity index (χ0v) is 10.5. The van der Waals surface area contributed by atoms with Gasteiger partial charge < -0.3 is 15.4 Å². The summed E-state index contributed by atoms with van der Waals surface area (Å²) in [5.41, 5.74) is 5.88. The molecule has 1 atom stereocenters. The van der Waals surface area contributed by atoms with Gasteiger partial charge in [0.15, 0.2) is 11.6 Å². The number of nitrogens with two attached hydrogens (primary N) is 1. The normalized spacial score (nSPS) is 19.6. The van der Waals surface area contributed by atoms with E-state index in [2.05, 4.69) is 0 Å². The lowest BCUT2D eigenvalue weighted by atomic mass is 10.1. The molecule has 0 spiro atoms. The number of nitrogens with zero attached hydrogens (tertiary/aromatic N) is 1. The second-order valence-corrected chi connectivity index (χ2v) is 4.63. The number of halogens is 2. The maximum absolute atomic E-state index is 13.9. The maximum atomic E-state index is 13.9. The monoisotopic (exact) mass is 256 g/mol. The minimum atomic E-state index is -0.829. The van der Waals surface area contributed by atoms with Crippen LogP contribution in [0, 0.1) is 17.6 Å². The molecule has 5 heteroatoms. The van der Waals surface area contributed by atoms with Crippen molar-refractivity contribution in [3.05, 3.63) is 29.3 Å². The highest BCUT2D eigenvalue weighted by molar-refractivity contribution is 5.50. The molecule has 1 aliphatic rings. The van der Waals surface area contributed by atoms with Gasteiger partial charge in [0.2, 0.25) is 0 Å². The summed E-state index contributed by atoms with van der Waals surface area (Å²) in [6.45, 7) is 2.09. The summed E-state index contributed by atoms with van der Waals surface area (Å²) < 4.78 is 32.7.